The molecule has 3 N–H and O–H groups in total. The van der Waals surface area contributed by atoms with Crippen LogP contribution in [0.5, 0.6) is 0 Å². The van der Waals surface area contributed by atoms with Crippen LogP contribution >= 0.6 is 0 Å². The minimum Gasteiger partial charge on any atom is -0.357 e. The van der Waals surface area contributed by atoms with Gasteiger partial charge in [-0.05, 0) is 25.1 Å². The lowest BCUT2D eigenvalue weighted by Gasteiger charge is -2.12. The second-order valence-electron chi connectivity index (χ2n) is 6.24. The number of halogens is 6. The topological polar surface area (TPSA) is 57.7 Å². The van der Waals surface area contributed by atoms with Crippen molar-refractivity contribution in [2.24, 2.45) is 0 Å². The van der Waals surface area contributed by atoms with E-state index < -0.39 is 29.2 Å². The number of H-pyrrole nitrogens is 1. The minimum atomic E-state index is -4.74. The molecule has 29 heavy (non-hydrogen) atoms. The maximum absolute atomic E-state index is 14.5. The third kappa shape index (κ3) is 3.22. The Morgan fingerprint density at radius 1 is 1.07 bits per heavy atom. The summed E-state index contributed by atoms with van der Waals surface area (Å²) in [5, 5.41) is 2.95. The van der Waals surface area contributed by atoms with Gasteiger partial charge in [-0.3, -0.25) is 0 Å². The fourth-order valence-corrected chi connectivity index (χ4v) is 3.10. The van der Waals surface area contributed by atoms with Crippen molar-refractivity contribution in [3.8, 4) is 0 Å². The number of hydrogen-bond donors (Lipinski definition) is 3. The highest BCUT2D eigenvalue weighted by Gasteiger charge is 2.32. The number of hydrogen-bond acceptors (Lipinski definition) is 3. The average molecular weight is 413 g/mol. The summed E-state index contributed by atoms with van der Waals surface area (Å²) in [6, 6.07) is 2.91. The van der Waals surface area contributed by atoms with Crippen molar-refractivity contribution in [2.75, 3.05) is 17.3 Å². The standard InChI is InChI=1S/C18H13F6N5/c1-2-26-29-16-12(21)3-8(18(22,23)24)4-13(16)27-17(29)28-14-7-25-15-10(14)5-9(19)6-11(15)20/h3-7,25-26H,2H2,1H3,(H,27,28). The molecule has 0 aliphatic carbocycles. The van der Waals surface area contributed by atoms with E-state index in [1.807, 2.05) is 0 Å². The number of fused-ring (bicyclic) bond motifs is 2. The number of rotatable bonds is 4. The molecule has 0 spiro atoms. The first-order valence-electron chi connectivity index (χ1n) is 8.45. The van der Waals surface area contributed by atoms with E-state index in [2.05, 4.69) is 20.7 Å². The maximum atomic E-state index is 14.5. The van der Waals surface area contributed by atoms with Crippen LogP contribution in [0, 0.1) is 17.5 Å². The highest BCUT2D eigenvalue weighted by Crippen LogP contribution is 2.35. The summed E-state index contributed by atoms with van der Waals surface area (Å²) in [6.45, 7) is 2.01. The van der Waals surface area contributed by atoms with Gasteiger partial charge in [0.15, 0.2) is 5.82 Å². The molecule has 2 heterocycles. The quantitative estimate of drug-likeness (QED) is 0.400. The van der Waals surface area contributed by atoms with Crippen molar-refractivity contribution in [1.29, 1.82) is 0 Å². The van der Waals surface area contributed by atoms with Gasteiger partial charge in [0.2, 0.25) is 5.95 Å². The Bertz CT molecular complexity index is 1220. The van der Waals surface area contributed by atoms with Crippen LogP contribution in [-0.2, 0) is 6.18 Å². The molecule has 0 atom stereocenters. The molecule has 0 aliphatic rings. The van der Waals surface area contributed by atoms with E-state index in [-0.39, 0.29) is 33.6 Å². The van der Waals surface area contributed by atoms with Crippen molar-refractivity contribution < 1.29 is 26.3 Å². The zero-order chi connectivity index (χ0) is 20.9. The van der Waals surface area contributed by atoms with Crippen LogP contribution in [0.15, 0.2) is 30.5 Å². The molecule has 4 aromatic rings. The average Bonchev–Trinajstić information content (AvgIpc) is 3.17. The summed E-state index contributed by atoms with van der Waals surface area (Å²) in [7, 11) is 0. The lowest BCUT2D eigenvalue weighted by atomic mass is 10.2. The lowest BCUT2D eigenvalue weighted by molar-refractivity contribution is -0.137. The third-order valence-corrected chi connectivity index (χ3v) is 4.30. The van der Waals surface area contributed by atoms with Crippen LogP contribution in [0.1, 0.15) is 12.5 Å². The van der Waals surface area contributed by atoms with E-state index in [1.54, 1.807) is 6.92 Å². The Balaban J connectivity index is 1.87. The number of benzene rings is 2. The summed E-state index contributed by atoms with van der Waals surface area (Å²) in [5.41, 5.74) is 1.43. The summed E-state index contributed by atoms with van der Waals surface area (Å²) < 4.78 is 82.1. The summed E-state index contributed by atoms with van der Waals surface area (Å²) in [4.78, 5) is 6.69. The molecule has 4 rings (SSSR count). The van der Waals surface area contributed by atoms with Gasteiger partial charge in [-0.15, -0.1) is 0 Å². The van der Waals surface area contributed by atoms with Gasteiger partial charge in [-0.25, -0.2) is 22.8 Å². The van der Waals surface area contributed by atoms with Crippen LogP contribution < -0.4 is 10.7 Å². The van der Waals surface area contributed by atoms with Crippen LogP contribution in [0.3, 0.4) is 0 Å². The van der Waals surface area contributed by atoms with Gasteiger partial charge in [-0.1, -0.05) is 0 Å². The zero-order valence-electron chi connectivity index (χ0n) is 14.8. The molecule has 0 bridgehead atoms. The smallest absolute Gasteiger partial charge is 0.357 e. The van der Waals surface area contributed by atoms with E-state index in [0.29, 0.717) is 18.7 Å². The molecule has 0 radical (unpaired) electrons. The first-order valence-corrected chi connectivity index (χ1v) is 8.45. The first-order chi connectivity index (χ1) is 13.7. The molecule has 0 aliphatic heterocycles. The molecular formula is C18H13F6N5. The van der Waals surface area contributed by atoms with Gasteiger partial charge >= 0.3 is 6.18 Å². The van der Waals surface area contributed by atoms with E-state index in [1.165, 1.54) is 6.20 Å². The molecule has 11 heteroatoms. The van der Waals surface area contributed by atoms with Crippen LogP contribution in [-0.4, -0.2) is 21.2 Å². The summed E-state index contributed by atoms with van der Waals surface area (Å²) in [5.74, 6) is -2.79. The molecule has 152 valence electrons. The molecule has 0 saturated carbocycles. The molecular weight excluding hydrogens is 400 g/mol. The third-order valence-electron chi connectivity index (χ3n) is 4.30. The normalized spacial score (nSPS) is 12.1. The molecule has 5 nitrogen and oxygen atoms in total. The number of nitrogens with one attached hydrogen (secondary N) is 3. The largest absolute Gasteiger partial charge is 0.416 e. The van der Waals surface area contributed by atoms with E-state index in [0.717, 1.165) is 16.8 Å². The molecule has 0 fully saturated rings. The van der Waals surface area contributed by atoms with Crippen LogP contribution in [0.25, 0.3) is 21.9 Å². The maximum Gasteiger partial charge on any atom is 0.416 e. The fourth-order valence-electron chi connectivity index (χ4n) is 3.10. The predicted octanol–water partition coefficient (Wildman–Crippen LogP) is 5.26. The Labute approximate surface area is 159 Å². The van der Waals surface area contributed by atoms with Gasteiger partial charge in [0.1, 0.15) is 17.2 Å². The number of imidazole rings is 1. The monoisotopic (exact) mass is 413 g/mol. The Kier molecular flexibility index (Phi) is 4.32. The zero-order valence-corrected chi connectivity index (χ0v) is 14.8. The van der Waals surface area contributed by atoms with Crippen molar-refractivity contribution in [2.45, 2.75) is 13.1 Å². The SMILES string of the molecule is CCNn1c(Nc2c[nH]c3c(F)cc(F)cc23)nc2cc(C(F)(F)F)cc(F)c21. The van der Waals surface area contributed by atoms with Crippen molar-refractivity contribution in [3.05, 3.63) is 53.5 Å². The Morgan fingerprint density at radius 3 is 2.52 bits per heavy atom. The van der Waals surface area contributed by atoms with E-state index >= 15 is 0 Å². The number of alkyl halides is 3. The van der Waals surface area contributed by atoms with Crippen LogP contribution in [0.4, 0.5) is 38.0 Å². The highest BCUT2D eigenvalue weighted by atomic mass is 19.4. The lowest BCUT2D eigenvalue weighted by Crippen LogP contribution is -2.17. The predicted molar refractivity (Wildman–Crippen MR) is 96.1 cm³/mol. The van der Waals surface area contributed by atoms with Gasteiger partial charge in [0.25, 0.3) is 0 Å². The number of aromatic nitrogens is 3. The number of anilines is 2. The second kappa shape index (κ2) is 6.61. The van der Waals surface area contributed by atoms with E-state index in [4.69, 9.17) is 0 Å². The first kappa shape index (κ1) is 19.0. The Hall–Kier alpha value is -3.37. The summed E-state index contributed by atoms with van der Waals surface area (Å²) in [6.07, 6.45) is -3.39. The highest BCUT2D eigenvalue weighted by molar-refractivity contribution is 5.94. The number of aromatic amines is 1. The van der Waals surface area contributed by atoms with Gasteiger partial charge in [0, 0.05) is 24.2 Å². The van der Waals surface area contributed by atoms with Crippen LogP contribution in [0.2, 0.25) is 0 Å². The second-order valence-corrected chi connectivity index (χ2v) is 6.24. The van der Waals surface area contributed by atoms with Gasteiger partial charge in [0.05, 0.1) is 22.3 Å². The molecule has 0 unspecified atom stereocenters. The molecule has 0 saturated heterocycles. The van der Waals surface area contributed by atoms with E-state index in [9.17, 15) is 26.3 Å². The van der Waals surface area contributed by atoms with Gasteiger partial charge in [-0.2, -0.15) is 13.2 Å². The minimum absolute atomic E-state index is 0.0329. The fraction of sp³-hybridized carbons (Fsp3) is 0.167. The molecule has 2 aromatic carbocycles. The van der Waals surface area contributed by atoms with Crippen molar-refractivity contribution >= 4 is 33.6 Å². The van der Waals surface area contributed by atoms with Crippen molar-refractivity contribution in [3.63, 3.8) is 0 Å². The number of nitrogens with zero attached hydrogens (tertiary/aromatic N) is 2. The molecule has 0 amide bonds. The Morgan fingerprint density at radius 2 is 1.83 bits per heavy atom. The van der Waals surface area contributed by atoms with Crippen molar-refractivity contribution in [1.82, 2.24) is 14.6 Å². The van der Waals surface area contributed by atoms with Gasteiger partial charge < -0.3 is 15.7 Å². The summed E-state index contributed by atoms with van der Waals surface area (Å²) >= 11 is 0. The molecule has 2 aromatic heterocycles.